The Morgan fingerprint density at radius 3 is 2.79 bits per heavy atom. The average molecular weight is 369 g/mol. The fraction of sp³-hybridized carbons (Fsp3) is 0.706. The first-order valence-corrected chi connectivity index (χ1v) is 9.76. The summed E-state index contributed by atoms with van der Waals surface area (Å²) in [6, 6.07) is 0. The fourth-order valence-electron chi connectivity index (χ4n) is 4.18. The molecular weight excluding hydrogens is 344 g/mol. The van der Waals surface area contributed by atoms with Crippen molar-refractivity contribution in [3.8, 4) is 0 Å². The number of thiocarbonyl (C=S) groups is 1. The molecule has 0 aliphatic carbocycles. The van der Waals surface area contributed by atoms with Crippen LogP contribution in [0.25, 0.3) is 0 Å². The number of hydrogen-bond acceptors (Lipinski definition) is 5. The molecule has 1 aromatic heterocycles. The largest absolute Gasteiger partial charge is 0.479 e. The van der Waals surface area contributed by atoms with E-state index in [1.807, 2.05) is 4.90 Å². The molecule has 0 aromatic carbocycles. The van der Waals surface area contributed by atoms with Crippen LogP contribution >= 0.6 is 24.0 Å². The number of fused-ring (bicyclic) bond motifs is 1. The number of carboxylic acid groups (broad SMARTS) is 1. The fourth-order valence-corrected chi connectivity index (χ4v) is 6.69. The number of aliphatic carboxylic acids is 1. The summed E-state index contributed by atoms with van der Waals surface area (Å²) in [7, 11) is 0. The second kappa shape index (κ2) is 6.02. The molecule has 0 amide bonds. The number of thioether (sulfide) groups is 1. The van der Waals surface area contributed by atoms with Gasteiger partial charge in [0.2, 0.25) is 0 Å². The van der Waals surface area contributed by atoms with Gasteiger partial charge < -0.3 is 14.5 Å². The van der Waals surface area contributed by atoms with E-state index in [-0.39, 0.29) is 11.3 Å². The van der Waals surface area contributed by atoms with Gasteiger partial charge in [0.15, 0.2) is 5.54 Å². The summed E-state index contributed by atoms with van der Waals surface area (Å²) in [4.78, 5) is 15.3. The predicted octanol–water partition coefficient (Wildman–Crippen LogP) is 3.95. The maximum absolute atomic E-state index is 12.7. The highest BCUT2D eigenvalue weighted by atomic mass is 32.2. The lowest BCUT2D eigenvalue weighted by molar-refractivity contribution is -0.153. The third kappa shape index (κ3) is 2.10. The van der Waals surface area contributed by atoms with Crippen LogP contribution in [0.2, 0.25) is 0 Å². The Kier molecular flexibility index (Phi) is 4.45. The Balaban J connectivity index is 2.15. The predicted molar refractivity (Wildman–Crippen MR) is 98.1 cm³/mol. The highest BCUT2D eigenvalue weighted by molar-refractivity contribution is 8.02. The van der Waals surface area contributed by atoms with Crippen LogP contribution < -0.4 is 0 Å². The normalized spacial score (nSPS) is 35.0. The van der Waals surface area contributed by atoms with E-state index in [9.17, 15) is 9.90 Å². The minimum absolute atomic E-state index is 0.106. The summed E-state index contributed by atoms with van der Waals surface area (Å²) < 4.78 is 4.77. The summed E-state index contributed by atoms with van der Waals surface area (Å²) in [5.74, 6) is -0.0864. The number of rotatable bonds is 6. The van der Waals surface area contributed by atoms with E-state index in [1.165, 1.54) is 0 Å². The molecule has 0 spiro atoms. The minimum Gasteiger partial charge on any atom is -0.479 e. The molecule has 0 radical (unpaired) electrons. The lowest BCUT2D eigenvalue weighted by Crippen LogP contribution is -2.67. The summed E-state index contributed by atoms with van der Waals surface area (Å²) in [6.45, 7) is 8.09. The van der Waals surface area contributed by atoms with Crippen molar-refractivity contribution in [2.45, 2.75) is 69.0 Å². The number of carboxylic acids is 1. The first kappa shape index (κ1) is 17.7. The number of unbranched alkanes of at least 4 members (excludes halogenated alkanes) is 2. The molecule has 1 N–H and O–H groups in total. The molecule has 0 bridgehead atoms. The lowest BCUT2D eigenvalue weighted by Gasteiger charge is -2.51. The summed E-state index contributed by atoms with van der Waals surface area (Å²) in [6.07, 6.45) is 5.59. The van der Waals surface area contributed by atoms with Gasteiger partial charge in [0.05, 0.1) is 26.9 Å². The van der Waals surface area contributed by atoms with E-state index in [4.69, 9.17) is 16.7 Å². The summed E-state index contributed by atoms with van der Waals surface area (Å²) >= 11 is 7.32. The quantitative estimate of drug-likeness (QED) is 0.602. The van der Waals surface area contributed by atoms with E-state index in [0.29, 0.717) is 11.3 Å². The molecule has 4 atom stereocenters. The van der Waals surface area contributed by atoms with Gasteiger partial charge in [-0.05, 0) is 20.3 Å². The van der Waals surface area contributed by atoms with Gasteiger partial charge >= 0.3 is 5.97 Å². The minimum atomic E-state index is -1.20. The zero-order valence-electron chi connectivity index (χ0n) is 14.5. The second-order valence-corrected chi connectivity index (χ2v) is 9.04. The Labute approximate surface area is 152 Å². The van der Waals surface area contributed by atoms with Gasteiger partial charge in [0.1, 0.15) is 5.76 Å². The molecule has 132 valence electrons. The summed E-state index contributed by atoms with van der Waals surface area (Å²) in [5.41, 5.74) is -0.567. The van der Waals surface area contributed by atoms with Crippen molar-refractivity contribution in [2.24, 2.45) is 5.92 Å². The second-order valence-electron chi connectivity index (χ2n) is 7.00. The first-order valence-electron chi connectivity index (χ1n) is 8.47. The van der Waals surface area contributed by atoms with E-state index >= 15 is 0 Å². The zero-order chi connectivity index (χ0) is 17.7. The van der Waals surface area contributed by atoms with Crippen molar-refractivity contribution in [3.63, 3.8) is 0 Å². The van der Waals surface area contributed by atoms with Crippen molar-refractivity contribution < 1.29 is 14.4 Å². The third-order valence-corrected chi connectivity index (χ3v) is 7.97. The van der Waals surface area contributed by atoms with E-state index in [1.54, 1.807) is 24.9 Å². The molecule has 7 heteroatoms. The van der Waals surface area contributed by atoms with Gasteiger partial charge in [-0.15, -0.1) is 11.8 Å². The third-order valence-electron chi connectivity index (χ3n) is 5.52. The number of aryl methyl sites for hydroxylation is 1. The number of nitrogens with zero attached hydrogens (tertiary/aromatic N) is 2. The molecule has 2 aliphatic heterocycles. The van der Waals surface area contributed by atoms with Crippen LogP contribution in [-0.2, 0) is 10.3 Å². The average Bonchev–Trinajstić information content (AvgIpc) is 3.05. The number of aromatic nitrogens is 1. The van der Waals surface area contributed by atoms with Gasteiger partial charge in [-0.25, -0.2) is 4.79 Å². The van der Waals surface area contributed by atoms with Crippen molar-refractivity contribution in [2.75, 3.05) is 0 Å². The SMILES string of the molecule is CCCCCC1(C)S[C@@H]2[C@H](C)C(=S)N2[C@]1(C(=O)O)c1cnoc1C. The van der Waals surface area contributed by atoms with Crippen molar-refractivity contribution in [1.29, 1.82) is 0 Å². The van der Waals surface area contributed by atoms with Crippen LogP contribution in [0, 0.1) is 12.8 Å². The molecule has 2 aliphatic rings. The highest BCUT2D eigenvalue weighted by Gasteiger charge is 2.73. The van der Waals surface area contributed by atoms with Crippen LogP contribution in [0.15, 0.2) is 10.7 Å². The van der Waals surface area contributed by atoms with Gasteiger partial charge in [-0.3, -0.25) is 0 Å². The highest BCUT2D eigenvalue weighted by Crippen LogP contribution is 2.65. The summed E-state index contributed by atoms with van der Waals surface area (Å²) in [5, 5.41) is 14.4. The topological polar surface area (TPSA) is 66.6 Å². The van der Waals surface area contributed by atoms with E-state index in [0.717, 1.165) is 30.7 Å². The van der Waals surface area contributed by atoms with Crippen molar-refractivity contribution in [3.05, 3.63) is 17.5 Å². The smallest absolute Gasteiger partial charge is 0.336 e. The Hall–Kier alpha value is -1.08. The van der Waals surface area contributed by atoms with Gasteiger partial charge in [-0.1, -0.05) is 50.5 Å². The molecule has 1 unspecified atom stereocenters. The first-order chi connectivity index (χ1) is 11.3. The van der Waals surface area contributed by atoms with Gasteiger partial charge in [0, 0.05) is 5.92 Å². The molecule has 24 heavy (non-hydrogen) atoms. The number of carbonyl (C=O) groups is 1. The molecule has 2 saturated heterocycles. The number of hydrogen-bond donors (Lipinski definition) is 1. The van der Waals surface area contributed by atoms with Crippen molar-refractivity contribution in [1.82, 2.24) is 10.1 Å². The lowest BCUT2D eigenvalue weighted by atomic mass is 9.72. The van der Waals surface area contributed by atoms with Crippen LogP contribution in [0.1, 0.15) is 57.8 Å². The van der Waals surface area contributed by atoms with E-state index < -0.39 is 16.3 Å². The molecule has 5 nitrogen and oxygen atoms in total. The van der Waals surface area contributed by atoms with Gasteiger partial charge in [-0.2, -0.15) is 0 Å². The van der Waals surface area contributed by atoms with Crippen molar-refractivity contribution >= 4 is 34.9 Å². The zero-order valence-corrected chi connectivity index (χ0v) is 16.2. The van der Waals surface area contributed by atoms with Crippen LogP contribution in [0.5, 0.6) is 0 Å². The monoisotopic (exact) mass is 368 g/mol. The molecule has 3 rings (SSSR count). The van der Waals surface area contributed by atoms with Crippen LogP contribution in [-0.4, -0.2) is 36.2 Å². The van der Waals surface area contributed by atoms with E-state index in [2.05, 4.69) is 25.9 Å². The molecule has 1 aromatic rings. The Morgan fingerprint density at radius 1 is 1.54 bits per heavy atom. The molecule has 0 saturated carbocycles. The molecular formula is C17H24N2O3S2. The Bertz CT molecular complexity index is 677. The molecule has 2 fully saturated rings. The Morgan fingerprint density at radius 2 is 2.25 bits per heavy atom. The van der Waals surface area contributed by atoms with Crippen LogP contribution in [0.3, 0.4) is 0 Å². The van der Waals surface area contributed by atoms with Gasteiger partial charge in [0.25, 0.3) is 0 Å². The maximum Gasteiger partial charge on any atom is 0.336 e. The standard InChI is InChI=1S/C17H24N2O3S2/c1-5-6-7-8-16(4)17(15(20)21,12-9-18-22-11(12)3)19-13(23)10(2)14(19)24-16/h9-10,14H,5-8H2,1-4H3,(H,20,21)/t10-,14-,16?,17+/m1/s1. The maximum atomic E-state index is 12.7. The van der Waals surface area contributed by atoms with Crippen LogP contribution in [0.4, 0.5) is 0 Å². The molecule has 3 heterocycles.